The Morgan fingerprint density at radius 1 is 1.16 bits per heavy atom. The minimum Gasteiger partial charge on any atom is -0.493 e. The molecule has 31 heavy (non-hydrogen) atoms. The van der Waals surface area contributed by atoms with Crippen LogP contribution in [0.2, 0.25) is 0 Å². The van der Waals surface area contributed by atoms with E-state index in [0.29, 0.717) is 41.5 Å². The summed E-state index contributed by atoms with van der Waals surface area (Å²) >= 11 is 0.681. The van der Waals surface area contributed by atoms with Crippen molar-refractivity contribution in [2.24, 2.45) is 0 Å². The third-order valence-electron chi connectivity index (χ3n) is 4.17. The molecule has 10 heteroatoms. The summed E-state index contributed by atoms with van der Waals surface area (Å²) in [5, 5.41) is 1.58. The largest absolute Gasteiger partial charge is 0.493 e. The first kappa shape index (κ1) is 22.3. The first-order chi connectivity index (χ1) is 14.8. The molecule has 0 radical (unpaired) electrons. The lowest BCUT2D eigenvalue weighted by Gasteiger charge is -2.13. The van der Waals surface area contributed by atoms with Gasteiger partial charge in [0.2, 0.25) is 5.91 Å². The zero-order valence-corrected chi connectivity index (χ0v) is 17.4. The summed E-state index contributed by atoms with van der Waals surface area (Å²) in [6.45, 7) is 1.69. The number of carbonyl (C=O) groups excluding carboxylic acids is 3. The number of ether oxygens (including phenoxy) is 2. The normalized spacial score (nSPS) is 14.8. The molecule has 7 nitrogen and oxygen atoms in total. The fourth-order valence-corrected chi connectivity index (χ4v) is 3.60. The van der Waals surface area contributed by atoms with Crippen LogP contribution in [0.25, 0.3) is 6.08 Å². The maximum absolute atomic E-state index is 13.7. The Hall–Kier alpha value is -3.40. The number of hydrogen-bond donors (Lipinski definition) is 1. The van der Waals surface area contributed by atoms with Gasteiger partial charge < -0.3 is 14.8 Å². The molecule has 1 heterocycles. The molecular weight excluding hydrogens is 430 g/mol. The summed E-state index contributed by atoms with van der Waals surface area (Å²) in [7, 11) is 1.48. The summed E-state index contributed by atoms with van der Waals surface area (Å²) in [4.78, 5) is 37.9. The van der Waals surface area contributed by atoms with Gasteiger partial charge in [0.1, 0.15) is 18.2 Å². The maximum atomic E-state index is 13.7. The Morgan fingerprint density at radius 2 is 1.94 bits per heavy atom. The summed E-state index contributed by atoms with van der Waals surface area (Å²) < 4.78 is 37.4. The van der Waals surface area contributed by atoms with Crippen LogP contribution in [0, 0.1) is 11.6 Å². The number of nitrogens with one attached hydrogen (secondary N) is 1. The van der Waals surface area contributed by atoms with Crippen molar-refractivity contribution >= 4 is 40.6 Å². The van der Waals surface area contributed by atoms with Gasteiger partial charge in [-0.1, -0.05) is 6.07 Å². The van der Waals surface area contributed by atoms with Crippen molar-refractivity contribution in [3.05, 3.63) is 58.5 Å². The number of imide groups is 1. The van der Waals surface area contributed by atoms with Crippen molar-refractivity contribution in [2.75, 3.05) is 25.6 Å². The minimum atomic E-state index is -0.966. The van der Waals surface area contributed by atoms with Crippen LogP contribution in [0.4, 0.5) is 19.3 Å². The van der Waals surface area contributed by atoms with Gasteiger partial charge in [0.15, 0.2) is 11.5 Å². The topological polar surface area (TPSA) is 84.9 Å². The second-order valence-electron chi connectivity index (χ2n) is 6.28. The van der Waals surface area contributed by atoms with Gasteiger partial charge in [-0.3, -0.25) is 19.3 Å². The van der Waals surface area contributed by atoms with Crippen LogP contribution in [-0.2, 0) is 9.59 Å². The number of anilines is 1. The van der Waals surface area contributed by atoms with Crippen LogP contribution in [0.15, 0.2) is 41.3 Å². The highest BCUT2D eigenvalue weighted by Crippen LogP contribution is 2.34. The highest BCUT2D eigenvalue weighted by Gasteiger charge is 2.36. The number of carbonyl (C=O) groups is 3. The van der Waals surface area contributed by atoms with E-state index in [-0.39, 0.29) is 10.6 Å². The summed E-state index contributed by atoms with van der Waals surface area (Å²) in [6, 6.07) is 7.68. The first-order valence-corrected chi connectivity index (χ1v) is 9.95. The lowest BCUT2D eigenvalue weighted by atomic mass is 10.2. The van der Waals surface area contributed by atoms with Crippen molar-refractivity contribution in [2.45, 2.75) is 6.92 Å². The van der Waals surface area contributed by atoms with Crippen LogP contribution in [-0.4, -0.2) is 42.2 Å². The zero-order valence-electron chi connectivity index (χ0n) is 16.6. The van der Waals surface area contributed by atoms with Crippen LogP contribution >= 0.6 is 11.8 Å². The van der Waals surface area contributed by atoms with Crippen molar-refractivity contribution in [1.82, 2.24) is 4.90 Å². The molecule has 2 aromatic carbocycles. The molecule has 162 valence electrons. The van der Waals surface area contributed by atoms with E-state index in [1.807, 2.05) is 6.92 Å². The molecule has 0 unspecified atom stereocenters. The molecule has 2 aromatic rings. The minimum absolute atomic E-state index is 0.122. The number of hydrogen-bond acceptors (Lipinski definition) is 6. The van der Waals surface area contributed by atoms with E-state index in [1.54, 1.807) is 18.2 Å². The summed E-state index contributed by atoms with van der Waals surface area (Å²) in [5.74, 6) is -2.20. The molecule has 1 fully saturated rings. The average molecular weight is 448 g/mol. The van der Waals surface area contributed by atoms with Crippen LogP contribution < -0.4 is 14.8 Å². The van der Waals surface area contributed by atoms with Gasteiger partial charge in [0, 0.05) is 6.07 Å². The number of nitrogens with zero attached hydrogens (tertiary/aromatic N) is 1. The van der Waals surface area contributed by atoms with Crippen molar-refractivity contribution in [1.29, 1.82) is 0 Å². The monoisotopic (exact) mass is 448 g/mol. The Labute approximate surface area is 181 Å². The number of thioether (sulfide) groups is 1. The van der Waals surface area contributed by atoms with Crippen LogP contribution in [0.1, 0.15) is 12.5 Å². The van der Waals surface area contributed by atoms with E-state index in [0.717, 1.165) is 17.0 Å². The SMILES string of the molecule is CCOc1ccc(C=C2SC(=O)N(CC(=O)Nc3ccc(F)cc3F)C2=O)cc1OC. The molecule has 0 aliphatic carbocycles. The molecule has 0 spiro atoms. The quantitative estimate of drug-likeness (QED) is 0.644. The molecule has 0 bridgehead atoms. The molecule has 1 saturated heterocycles. The number of rotatable bonds is 7. The number of halogens is 2. The Morgan fingerprint density at radius 3 is 2.61 bits per heavy atom. The molecule has 0 atom stereocenters. The average Bonchev–Trinajstić information content (AvgIpc) is 2.98. The molecule has 1 N–H and O–H groups in total. The summed E-state index contributed by atoms with van der Waals surface area (Å²) in [5.41, 5.74) is 0.346. The highest BCUT2D eigenvalue weighted by atomic mass is 32.2. The highest BCUT2D eigenvalue weighted by molar-refractivity contribution is 8.18. The van der Waals surface area contributed by atoms with Crippen molar-refractivity contribution in [3.8, 4) is 11.5 Å². The first-order valence-electron chi connectivity index (χ1n) is 9.13. The van der Waals surface area contributed by atoms with E-state index in [1.165, 1.54) is 13.2 Å². The van der Waals surface area contributed by atoms with Gasteiger partial charge in [-0.25, -0.2) is 8.78 Å². The third-order valence-corrected chi connectivity index (χ3v) is 5.07. The van der Waals surface area contributed by atoms with E-state index in [2.05, 4.69) is 5.32 Å². The summed E-state index contributed by atoms with van der Waals surface area (Å²) in [6.07, 6.45) is 1.50. The van der Waals surface area contributed by atoms with Gasteiger partial charge >= 0.3 is 0 Å². The molecule has 0 saturated carbocycles. The fraction of sp³-hybridized carbons (Fsp3) is 0.190. The predicted molar refractivity (Wildman–Crippen MR) is 112 cm³/mol. The molecule has 1 aliphatic heterocycles. The maximum Gasteiger partial charge on any atom is 0.294 e. The Bertz CT molecular complexity index is 1070. The van der Waals surface area contributed by atoms with Gasteiger partial charge in [0.25, 0.3) is 11.1 Å². The second-order valence-corrected chi connectivity index (χ2v) is 7.28. The van der Waals surface area contributed by atoms with Crippen LogP contribution in [0.5, 0.6) is 11.5 Å². The van der Waals surface area contributed by atoms with E-state index in [9.17, 15) is 23.2 Å². The van der Waals surface area contributed by atoms with E-state index >= 15 is 0 Å². The third kappa shape index (κ3) is 5.21. The second kappa shape index (κ2) is 9.61. The van der Waals surface area contributed by atoms with E-state index in [4.69, 9.17) is 9.47 Å². The number of benzene rings is 2. The Kier molecular flexibility index (Phi) is 6.91. The molecule has 0 aromatic heterocycles. The molecule has 1 aliphatic rings. The van der Waals surface area contributed by atoms with E-state index < -0.39 is 35.2 Å². The molecule has 3 rings (SSSR count). The zero-order chi connectivity index (χ0) is 22.5. The van der Waals surface area contributed by atoms with Gasteiger partial charge in [-0.15, -0.1) is 0 Å². The Balaban J connectivity index is 1.72. The van der Waals surface area contributed by atoms with Crippen molar-refractivity contribution in [3.63, 3.8) is 0 Å². The number of methoxy groups -OCH3 is 1. The van der Waals surface area contributed by atoms with Gasteiger partial charge in [0.05, 0.1) is 24.3 Å². The number of amides is 3. The van der Waals surface area contributed by atoms with Crippen LogP contribution in [0.3, 0.4) is 0 Å². The molecule has 3 amide bonds. The van der Waals surface area contributed by atoms with Gasteiger partial charge in [-0.05, 0) is 54.6 Å². The van der Waals surface area contributed by atoms with Gasteiger partial charge in [-0.2, -0.15) is 0 Å². The van der Waals surface area contributed by atoms with Crippen molar-refractivity contribution < 1.29 is 32.6 Å². The molecular formula is C21H18F2N2O5S. The lowest BCUT2D eigenvalue weighted by Crippen LogP contribution is -2.36. The standard InChI is InChI=1S/C21H18F2N2O5S/c1-3-30-16-7-4-12(8-17(16)29-2)9-18-20(27)25(21(28)31-18)11-19(26)24-15-6-5-13(22)10-14(15)23/h4-10H,3,11H2,1-2H3,(H,24,26). The fourth-order valence-electron chi connectivity index (χ4n) is 2.76. The smallest absolute Gasteiger partial charge is 0.294 e. The lowest BCUT2D eigenvalue weighted by molar-refractivity contribution is -0.127. The predicted octanol–water partition coefficient (Wildman–Crippen LogP) is 4.05.